The minimum absolute atomic E-state index is 0.327. The average molecular weight is 238 g/mol. The van der Waals surface area contributed by atoms with Gasteiger partial charge >= 0.3 is 5.69 Å². The molecule has 0 atom stereocenters. The molecule has 0 spiro atoms. The number of aromatic nitrogens is 2. The van der Waals surface area contributed by atoms with Gasteiger partial charge < -0.3 is 4.90 Å². The summed E-state index contributed by atoms with van der Waals surface area (Å²) in [6.45, 7) is 5.68. The normalized spacial score (nSPS) is 18.4. The number of piperazine rings is 1. The predicted molar refractivity (Wildman–Crippen MR) is 65.3 cm³/mol. The van der Waals surface area contributed by atoms with Crippen molar-refractivity contribution in [3.8, 4) is 0 Å². The maximum Gasteiger partial charge on any atom is 0.328 e. The highest BCUT2D eigenvalue weighted by Crippen LogP contribution is 1.98. The molecular formula is C11H18N4O2. The lowest BCUT2D eigenvalue weighted by atomic mass is 10.3. The van der Waals surface area contributed by atoms with Crippen LogP contribution in [0.4, 0.5) is 0 Å². The Morgan fingerprint density at radius 3 is 2.53 bits per heavy atom. The minimum atomic E-state index is -0.342. The topological polar surface area (TPSA) is 61.3 Å². The zero-order valence-electron chi connectivity index (χ0n) is 10.1. The van der Waals surface area contributed by atoms with E-state index in [1.54, 1.807) is 10.8 Å². The second-order valence-electron chi connectivity index (χ2n) is 4.45. The maximum absolute atomic E-state index is 11.4. The van der Waals surface area contributed by atoms with Crippen molar-refractivity contribution in [2.75, 3.05) is 39.8 Å². The summed E-state index contributed by atoms with van der Waals surface area (Å²) in [6, 6.07) is 1.38. The van der Waals surface area contributed by atoms with E-state index in [9.17, 15) is 9.59 Å². The highest BCUT2D eigenvalue weighted by atomic mass is 16.2. The molecule has 0 bridgehead atoms. The van der Waals surface area contributed by atoms with Crippen LogP contribution in [0.1, 0.15) is 0 Å². The van der Waals surface area contributed by atoms with Gasteiger partial charge in [-0.05, 0) is 7.05 Å². The molecule has 2 rings (SSSR count). The molecule has 6 nitrogen and oxygen atoms in total. The van der Waals surface area contributed by atoms with Gasteiger partial charge in [-0.25, -0.2) is 4.79 Å². The van der Waals surface area contributed by atoms with Crippen LogP contribution in [0.5, 0.6) is 0 Å². The summed E-state index contributed by atoms with van der Waals surface area (Å²) in [6.07, 6.45) is 1.55. The molecule has 0 aliphatic carbocycles. The summed E-state index contributed by atoms with van der Waals surface area (Å²) < 4.78 is 1.54. The molecule has 17 heavy (non-hydrogen) atoms. The van der Waals surface area contributed by atoms with E-state index in [4.69, 9.17) is 0 Å². The Kier molecular flexibility index (Phi) is 3.75. The summed E-state index contributed by atoms with van der Waals surface area (Å²) >= 11 is 0. The Morgan fingerprint density at radius 2 is 1.88 bits per heavy atom. The van der Waals surface area contributed by atoms with Crippen LogP contribution < -0.4 is 11.2 Å². The van der Waals surface area contributed by atoms with Crippen LogP contribution in [-0.4, -0.2) is 59.1 Å². The van der Waals surface area contributed by atoms with Gasteiger partial charge in [0, 0.05) is 51.5 Å². The van der Waals surface area contributed by atoms with Gasteiger partial charge in [0.1, 0.15) is 0 Å². The zero-order chi connectivity index (χ0) is 12.3. The van der Waals surface area contributed by atoms with Gasteiger partial charge in [0.05, 0.1) is 0 Å². The quantitative estimate of drug-likeness (QED) is 0.717. The molecule has 1 aliphatic heterocycles. The van der Waals surface area contributed by atoms with Gasteiger partial charge in [0.25, 0.3) is 5.56 Å². The molecule has 94 valence electrons. The molecule has 0 unspecified atom stereocenters. The standard InChI is InChI=1S/C11H18N4O2/c1-13-4-6-14(7-5-13)8-9-15-3-2-10(16)12-11(15)17/h2-3H,4-9H2,1H3,(H,12,16,17). The van der Waals surface area contributed by atoms with Crippen LogP contribution in [-0.2, 0) is 6.54 Å². The molecule has 1 fully saturated rings. The highest BCUT2D eigenvalue weighted by molar-refractivity contribution is 4.82. The van der Waals surface area contributed by atoms with Crippen molar-refractivity contribution in [1.29, 1.82) is 0 Å². The molecule has 1 aromatic rings. The number of likely N-dealkylation sites (N-methyl/N-ethyl adjacent to an activating group) is 1. The van der Waals surface area contributed by atoms with Gasteiger partial charge in [-0.2, -0.15) is 0 Å². The van der Waals surface area contributed by atoms with Crippen molar-refractivity contribution in [1.82, 2.24) is 19.4 Å². The number of rotatable bonds is 3. The van der Waals surface area contributed by atoms with E-state index in [1.807, 2.05) is 0 Å². The average Bonchev–Trinajstić information content (AvgIpc) is 2.30. The maximum atomic E-state index is 11.4. The van der Waals surface area contributed by atoms with Gasteiger partial charge in [-0.1, -0.05) is 0 Å². The van der Waals surface area contributed by atoms with Crippen molar-refractivity contribution >= 4 is 0 Å². The smallest absolute Gasteiger partial charge is 0.304 e. The molecule has 0 amide bonds. The van der Waals surface area contributed by atoms with Crippen LogP contribution in [0.3, 0.4) is 0 Å². The number of hydrogen-bond donors (Lipinski definition) is 1. The lowest BCUT2D eigenvalue weighted by Crippen LogP contribution is -2.46. The van der Waals surface area contributed by atoms with Crippen LogP contribution in [0.15, 0.2) is 21.9 Å². The summed E-state index contributed by atoms with van der Waals surface area (Å²) in [5.74, 6) is 0. The number of nitrogens with zero attached hydrogens (tertiary/aromatic N) is 3. The fourth-order valence-corrected chi connectivity index (χ4v) is 1.94. The molecule has 0 saturated carbocycles. The molecule has 1 N–H and O–H groups in total. The van der Waals surface area contributed by atoms with Gasteiger partial charge in [-0.15, -0.1) is 0 Å². The summed E-state index contributed by atoms with van der Waals surface area (Å²) in [7, 11) is 2.11. The summed E-state index contributed by atoms with van der Waals surface area (Å²) in [5.41, 5.74) is -0.669. The van der Waals surface area contributed by atoms with Gasteiger partial charge in [0.2, 0.25) is 0 Å². The molecule has 1 aromatic heterocycles. The third-order valence-corrected chi connectivity index (χ3v) is 3.15. The number of hydrogen-bond acceptors (Lipinski definition) is 4. The van der Waals surface area contributed by atoms with Crippen molar-refractivity contribution in [2.45, 2.75) is 6.54 Å². The zero-order valence-corrected chi connectivity index (χ0v) is 10.1. The molecule has 1 aliphatic rings. The van der Waals surface area contributed by atoms with Crippen molar-refractivity contribution in [2.24, 2.45) is 0 Å². The van der Waals surface area contributed by atoms with E-state index >= 15 is 0 Å². The van der Waals surface area contributed by atoms with Crippen molar-refractivity contribution < 1.29 is 0 Å². The van der Waals surface area contributed by atoms with E-state index in [-0.39, 0.29) is 11.2 Å². The fourth-order valence-electron chi connectivity index (χ4n) is 1.94. The largest absolute Gasteiger partial charge is 0.328 e. The molecule has 0 aromatic carbocycles. The first-order chi connectivity index (χ1) is 8.15. The van der Waals surface area contributed by atoms with Gasteiger partial charge in [-0.3, -0.25) is 19.2 Å². The van der Waals surface area contributed by atoms with E-state index in [1.165, 1.54) is 6.07 Å². The Bertz CT molecular complexity index is 471. The summed E-state index contributed by atoms with van der Waals surface area (Å²) in [4.78, 5) is 29.2. The lowest BCUT2D eigenvalue weighted by Gasteiger charge is -2.32. The molecular weight excluding hydrogens is 220 g/mol. The monoisotopic (exact) mass is 238 g/mol. The van der Waals surface area contributed by atoms with E-state index in [0.29, 0.717) is 6.54 Å². The number of nitrogens with one attached hydrogen (secondary N) is 1. The Hall–Kier alpha value is -1.40. The van der Waals surface area contributed by atoms with Crippen molar-refractivity contribution in [3.63, 3.8) is 0 Å². The first-order valence-corrected chi connectivity index (χ1v) is 5.86. The Morgan fingerprint density at radius 1 is 1.18 bits per heavy atom. The van der Waals surface area contributed by atoms with E-state index < -0.39 is 0 Å². The van der Waals surface area contributed by atoms with E-state index in [2.05, 4.69) is 21.8 Å². The third kappa shape index (κ3) is 3.28. The Labute approximate surface area is 99.5 Å². The van der Waals surface area contributed by atoms with Crippen LogP contribution in [0.2, 0.25) is 0 Å². The lowest BCUT2D eigenvalue weighted by molar-refractivity contribution is 0.149. The second kappa shape index (κ2) is 5.29. The predicted octanol–water partition coefficient (Wildman–Crippen LogP) is -1.22. The molecule has 0 radical (unpaired) electrons. The fraction of sp³-hybridized carbons (Fsp3) is 0.636. The van der Waals surface area contributed by atoms with Crippen LogP contribution in [0, 0.1) is 0 Å². The van der Waals surface area contributed by atoms with Gasteiger partial charge in [0.15, 0.2) is 0 Å². The van der Waals surface area contributed by atoms with Crippen LogP contribution in [0.25, 0.3) is 0 Å². The Balaban J connectivity index is 1.89. The molecule has 6 heteroatoms. The second-order valence-corrected chi connectivity index (χ2v) is 4.45. The first-order valence-electron chi connectivity index (χ1n) is 5.86. The molecule has 2 heterocycles. The minimum Gasteiger partial charge on any atom is -0.304 e. The SMILES string of the molecule is CN1CCN(CCn2ccc(=O)[nH]c2=O)CC1. The number of H-pyrrole nitrogens is 1. The van der Waals surface area contributed by atoms with Crippen molar-refractivity contribution in [3.05, 3.63) is 33.1 Å². The van der Waals surface area contributed by atoms with E-state index in [0.717, 1.165) is 32.7 Å². The summed E-state index contributed by atoms with van der Waals surface area (Å²) in [5, 5.41) is 0. The molecule has 1 saturated heterocycles. The first kappa shape index (κ1) is 12.1. The van der Waals surface area contributed by atoms with Crippen LogP contribution >= 0.6 is 0 Å². The third-order valence-electron chi connectivity index (χ3n) is 3.15. The highest BCUT2D eigenvalue weighted by Gasteiger charge is 2.13. The number of aromatic amines is 1.